The van der Waals surface area contributed by atoms with Gasteiger partial charge in [-0.2, -0.15) is 5.26 Å². The van der Waals surface area contributed by atoms with Crippen LogP contribution < -0.4 is 14.8 Å². The van der Waals surface area contributed by atoms with Gasteiger partial charge in [0.15, 0.2) is 6.61 Å². The number of halogens is 2. The van der Waals surface area contributed by atoms with Gasteiger partial charge in [-0.1, -0.05) is 35.3 Å². The number of hydrogen-bond acceptors (Lipinski definition) is 8. The second-order valence-corrected chi connectivity index (χ2v) is 10.0. The average molecular weight is 597 g/mol. The number of carbonyl (C=O) groups excluding carboxylic acids is 2. The zero-order valence-corrected chi connectivity index (χ0v) is 23.7. The summed E-state index contributed by atoms with van der Waals surface area (Å²) in [6.07, 6.45) is 0. The second-order valence-electron chi connectivity index (χ2n) is 8.15. The van der Waals surface area contributed by atoms with Gasteiger partial charge in [-0.05, 0) is 60.2 Å². The van der Waals surface area contributed by atoms with Crippen molar-refractivity contribution in [1.82, 2.24) is 0 Å². The maximum atomic E-state index is 12.7. The molecule has 0 bridgehead atoms. The van der Waals surface area contributed by atoms with E-state index >= 15 is 0 Å². The number of benzene rings is 3. The normalized spacial score (nSPS) is 10.5. The Balaban J connectivity index is 1.53. The number of methoxy groups -OCH3 is 2. The molecule has 1 amide bonds. The molecule has 4 rings (SSSR count). The summed E-state index contributed by atoms with van der Waals surface area (Å²) < 4.78 is 21.6. The zero-order chi connectivity index (χ0) is 28.6. The molecule has 0 saturated carbocycles. The first-order chi connectivity index (χ1) is 19.3. The third kappa shape index (κ3) is 6.90. The minimum atomic E-state index is -0.674. The van der Waals surface area contributed by atoms with Gasteiger partial charge in [0.05, 0.1) is 25.0 Å². The SMILES string of the molecule is COc1ccc(-c2oc(NC(=O)COC(=O)CSc3cc(Cl)ccc3Cl)c(C#N)c2-c2ccc(OC)cc2)cc1. The molecule has 0 saturated heterocycles. The molecule has 11 heteroatoms. The average Bonchev–Trinajstić information content (AvgIpc) is 3.34. The fraction of sp³-hybridized carbons (Fsp3) is 0.138. The van der Waals surface area contributed by atoms with Gasteiger partial charge in [-0.15, -0.1) is 11.8 Å². The maximum absolute atomic E-state index is 12.7. The fourth-order valence-corrected chi connectivity index (χ4v) is 4.97. The largest absolute Gasteiger partial charge is 0.497 e. The molecule has 40 heavy (non-hydrogen) atoms. The minimum Gasteiger partial charge on any atom is -0.497 e. The molecular formula is C29H22Cl2N2O6S. The van der Waals surface area contributed by atoms with Crippen LogP contribution in [0.4, 0.5) is 5.88 Å². The highest BCUT2D eigenvalue weighted by molar-refractivity contribution is 8.00. The predicted molar refractivity (Wildman–Crippen MR) is 154 cm³/mol. The van der Waals surface area contributed by atoms with Crippen molar-refractivity contribution >= 4 is 52.7 Å². The van der Waals surface area contributed by atoms with Crippen LogP contribution in [0.25, 0.3) is 22.5 Å². The Kier molecular flexibility index (Phi) is 9.61. The van der Waals surface area contributed by atoms with E-state index in [-0.39, 0.29) is 17.2 Å². The van der Waals surface area contributed by atoms with E-state index in [2.05, 4.69) is 11.4 Å². The Bertz CT molecular complexity index is 1560. The fourth-order valence-electron chi connectivity index (χ4n) is 3.68. The van der Waals surface area contributed by atoms with E-state index in [1.165, 1.54) is 0 Å². The lowest BCUT2D eigenvalue weighted by molar-refractivity contribution is -0.144. The third-order valence-corrected chi connectivity index (χ3v) is 7.31. The second kappa shape index (κ2) is 13.3. The Morgan fingerprint density at radius 2 is 1.57 bits per heavy atom. The Labute approximate surface area is 244 Å². The van der Waals surface area contributed by atoms with E-state index in [4.69, 9.17) is 41.8 Å². The van der Waals surface area contributed by atoms with E-state index in [1.807, 2.05) is 0 Å². The smallest absolute Gasteiger partial charge is 0.316 e. The third-order valence-electron chi connectivity index (χ3n) is 5.61. The Morgan fingerprint density at radius 1 is 0.950 bits per heavy atom. The summed E-state index contributed by atoms with van der Waals surface area (Å²) in [4.78, 5) is 25.5. The molecule has 4 aromatic rings. The van der Waals surface area contributed by atoms with Crippen molar-refractivity contribution in [1.29, 1.82) is 5.26 Å². The summed E-state index contributed by atoms with van der Waals surface area (Å²) in [5.74, 6) is 0.198. The van der Waals surface area contributed by atoms with Gasteiger partial charge in [0, 0.05) is 21.0 Å². The lowest BCUT2D eigenvalue weighted by Crippen LogP contribution is -2.21. The molecular weight excluding hydrogens is 575 g/mol. The number of hydrogen-bond donors (Lipinski definition) is 1. The summed E-state index contributed by atoms with van der Waals surface area (Å²) in [5, 5.41) is 13.5. The summed E-state index contributed by atoms with van der Waals surface area (Å²) in [5.41, 5.74) is 1.93. The molecule has 1 N–H and O–H groups in total. The van der Waals surface area contributed by atoms with Gasteiger partial charge >= 0.3 is 5.97 Å². The number of nitrogens with one attached hydrogen (secondary N) is 1. The molecule has 0 aliphatic rings. The lowest BCUT2D eigenvalue weighted by Gasteiger charge is -2.06. The standard InChI is InChI=1S/C29H22Cl2N2O6S/c1-36-20-8-3-17(4-9-20)27-22(14-32)29(39-28(27)18-5-10-21(37-2)11-6-18)33-25(34)15-38-26(35)16-40-24-13-19(30)7-12-23(24)31/h3-13H,15-16H2,1-2H3,(H,33,34). The summed E-state index contributed by atoms with van der Waals surface area (Å²) >= 11 is 13.2. The van der Waals surface area contributed by atoms with Gasteiger partial charge in [-0.25, -0.2) is 0 Å². The topological polar surface area (TPSA) is 111 Å². The molecule has 0 aliphatic heterocycles. The highest BCUT2D eigenvalue weighted by atomic mass is 35.5. The van der Waals surface area contributed by atoms with Crippen LogP contribution in [0.15, 0.2) is 76.0 Å². The number of rotatable bonds is 10. The van der Waals surface area contributed by atoms with E-state index < -0.39 is 18.5 Å². The molecule has 204 valence electrons. The lowest BCUT2D eigenvalue weighted by atomic mass is 9.98. The van der Waals surface area contributed by atoms with E-state index in [9.17, 15) is 14.9 Å². The van der Waals surface area contributed by atoms with E-state index in [0.717, 1.165) is 11.8 Å². The molecule has 0 atom stereocenters. The number of furan rings is 1. The first-order valence-electron chi connectivity index (χ1n) is 11.7. The first-order valence-corrected chi connectivity index (χ1v) is 13.5. The highest BCUT2D eigenvalue weighted by Gasteiger charge is 2.25. The molecule has 3 aromatic carbocycles. The van der Waals surface area contributed by atoms with Gasteiger partial charge in [-0.3, -0.25) is 14.9 Å². The van der Waals surface area contributed by atoms with Crippen LogP contribution >= 0.6 is 35.0 Å². The molecule has 1 aromatic heterocycles. The van der Waals surface area contributed by atoms with Gasteiger partial charge in [0.2, 0.25) is 5.88 Å². The van der Waals surface area contributed by atoms with Crippen molar-refractivity contribution in [3.8, 4) is 40.0 Å². The van der Waals surface area contributed by atoms with Gasteiger partial charge in [0.1, 0.15) is 28.9 Å². The van der Waals surface area contributed by atoms with Crippen LogP contribution in [-0.2, 0) is 14.3 Å². The van der Waals surface area contributed by atoms with Crippen LogP contribution in [0.2, 0.25) is 10.0 Å². The van der Waals surface area contributed by atoms with Crippen LogP contribution in [0.1, 0.15) is 5.56 Å². The Hall–Kier alpha value is -4.10. The van der Waals surface area contributed by atoms with Crippen LogP contribution in [0, 0.1) is 11.3 Å². The first kappa shape index (κ1) is 28.9. The molecule has 0 spiro atoms. The maximum Gasteiger partial charge on any atom is 0.316 e. The number of thioether (sulfide) groups is 1. The number of esters is 1. The number of ether oxygens (including phenoxy) is 3. The van der Waals surface area contributed by atoms with Crippen LogP contribution in [-0.4, -0.2) is 38.5 Å². The Morgan fingerprint density at radius 3 is 2.17 bits per heavy atom. The quantitative estimate of drug-likeness (QED) is 0.153. The molecule has 0 unspecified atom stereocenters. The van der Waals surface area contributed by atoms with Crippen molar-refractivity contribution in [2.75, 3.05) is 31.9 Å². The van der Waals surface area contributed by atoms with E-state index in [1.54, 1.807) is 80.9 Å². The van der Waals surface area contributed by atoms with Crippen molar-refractivity contribution in [3.63, 3.8) is 0 Å². The molecule has 0 fully saturated rings. The summed E-state index contributed by atoms with van der Waals surface area (Å²) in [7, 11) is 3.12. The van der Waals surface area contributed by atoms with Crippen molar-refractivity contribution < 1.29 is 28.2 Å². The zero-order valence-electron chi connectivity index (χ0n) is 21.3. The van der Waals surface area contributed by atoms with Crippen molar-refractivity contribution in [2.45, 2.75) is 4.90 Å². The monoisotopic (exact) mass is 596 g/mol. The van der Waals surface area contributed by atoms with Crippen molar-refractivity contribution in [3.05, 3.63) is 82.3 Å². The highest BCUT2D eigenvalue weighted by Crippen LogP contribution is 2.42. The van der Waals surface area contributed by atoms with E-state index in [0.29, 0.717) is 48.9 Å². The number of nitriles is 1. The van der Waals surface area contributed by atoms with Gasteiger partial charge < -0.3 is 18.6 Å². The van der Waals surface area contributed by atoms with Crippen LogP contribution in [0.5, 0.6) is 11.5 Å². The molecule has 8 nitrogen and oxygen atoms in total. The molecule has 0 radical (unpaired) electrons. The molecule has 0 aliphatic carbocycles. The molecule has 1 heterocycles. The number of anilines is 1. The number of nitrogens with zero attached hydrogens (tertiary/aromatic N) is 1. The predicted octanol–water partition coefficient (Wildman–Crippen LogP) is 7.08. The van der Waals surface area contributed by atoms with Crippen molar-refractivity contribution in [2.24, 2.45) is 0 Å². The summed E-state index contributed by atoms with van der Waals surface area (Å²) in [6.45, 7) is -0.579. The number of carbonyl (C=O) groups is 2. The van der Waals surface area contributed by atoms with Crippen LogP contribution in [0.3, 0.4) is 0 Å². The number of amides is 1. The summed E-state index contributed by atoms with van der Waals surface area (Å²) in [6, 6.07) is 21.2. The van der Waals surface area contributed by atoms with Gasteiger partial charge in [0.25, 0.3) is 5.91 Å². The minimum absolute atomic E-state index is 0.0692.